The van der Waals surface area contributed by atoms with Gasteiger partial charge in [-0.2, -0.15) is 0 Å². The molecule has 0 bridgehead atoms. The molecule has 1 aromatic heterocycles. The third-order valence-electron chi connectivity index (χ3n) is 6.54. The van der Waals surface area contributed by atoms with Crippen LogP contribution in [0.15, 0.2) is 63.4 Å². The first-order valence-corrected chi connectivity index (χ1v) is 13.3. The van der Waals surface area contributed by atoms with E-state index in [1.165, 1.54) is 27.4 Å². The van der Waals surface area contributed by atoms with Gasteiger partial charge < -0.3 is 14.9 Å². The zero-order valence-corrected chi connectivity index (χ0v) is 22.0. The van der Waals surface area contributed by atoms with Gasteiger partial charge >= 0.3 is 5.97 Å². The maximum Gasteiger partial charge on any atom is 0.349 e. The van der Waals surface area contributed by atoms with E-state index in [2.05, 4.69) is 32.9 Å². The largest absolute Gasteiger partial charge is 0.511 e. The van der Waals surface area contributed by atoms with Gasteiger partial charge in [-0.3, -0.25) is 0 Å². The van der Waals surface area contributed by atoms with Crippen molar-refractivity contribution in [3.05, 3.63) is 70.3 Å². The third-order valence-corrected chi connectivity index (χ3v) is 9.00. The fraction of sp³-hybridized carbons (Fsp3) is 0.393. The third kappa shape index (κ3) is 4.84. The Morgan fingerprint density at radius 2 is 1.76 bits per heavy atom. The lowest BCUT2D eigenvalue weighted by Gasteiger charge is -2.40. The predicted molar refractivity (Wildman–Crippen MR) is 141 cm³/mol. The Morgan fingerprint density at radius 1 is 1.09 bits per heavy atom. The molecule has 1 atom stereocenters. The molecule has 2 N–H and O–H groups in total. The summed E-state index contributed by atoms with van der Waals surface area (Å²) in [5.41, 5.74) is 1.37. The normalized spacial score (nSPS) is 19.2. The summed E-state index contributed by atoms with van der Waals surface area (Å²) in [6, 6.07) is 15.4. The number of aromatic hydroxyl groups is 1. The maximum atomic E-state index is 13.3. The number of esters is 1. The van der Waals surface area contributed by atoms with E-state index in [0.717, 1.165) is 9.77 Å². The molecule has 0 spiro atoms. The van der Waals surface area contributed by atoms with Crippen LogP contribution in [-0.4, -0.2) is 21.8 Å². The fourth-order valence-corrected chi connectivity index (χ4v) is 7.36. The Bertz CT molecular complexity index is 1230. The van der Waals surface area contributed by atoms with Gasteiger partial charge in [0.2, 0.25) is 0 Å². The quantitative estimate of drug-likeness (QED) is 0.342. The lowest BCUT2D eigenvalue weighted by molar-refractivity contribution is -0.164. The molecule has 0 radical (unpaired) electrons. The minimum Gasteiger partial charge on any atom is -0.511 e. The molecule has 0 saturated heterocycles. The average molecular weight is 497 g/mol. The summed E-state index contributed by atoms with van der Waals surface area (Å²) in [6.45, 7) is 10.6. The lowest BCUT2D eigenvalue weighted by atomic mass is 9.80. The number of aliphatic hydroxyl groups excluding tert-OH is 1. The summed E-state index contributed by atoms with van der Waals surface area (Å²) in [5.74, 6) is -0.0790. The van der Waals surface area contributed by atoms with Gasteiger partial charge in [0.15, 0.2) is 0 Å². The summed E-state index contributed by atoms with van der Waals surface area (Å²) < 4.78 is 8.31. The van der Waals surface area contributed by atoms with Gasteiger partial charge in [0.05, 0.1) is 4.21 Å². The minimum atomic E-state index is -0.768. The van der Waals surface area contributed by atoms with Gasteiger partial charge in [0.1, 0.15) is 22.0 Å². The Morgan fingerprint density at radius 3 is 2.38 bits per heavy atom. The monoisotopic (exact) mass is 496 g/mol. The van der Waals surface area contributed by atoms with Crippen molar-refractivity contribution in [2.45, 2.75) is 69.1 Å². The molecule has 6 heteroatoms. The van der Waals surface area contributed by atoms with Gasteiger partial charge in [-0.1, -0.05) is 76.7 Å². The number of fused-ring (bicyclic) bond motifs is 1. The van der Waals surface area contributed by atoms with Gasteiger partial charge in [-0.15, -0.1) is 11.3 Å². The molecule has 2 heterocycles. The van der Waals surface area contributed by atoms with Crippen molar-refractivity contribution in [3.8, 4) is 5.75 Å². The number of aryl methyl sites for hydroxylation is 1. The number of hydrogen-bond donors (Lipinski definition) is 2. The molecular formula is C28H32O4S2. The van der Waals surface area contributed by atoms with Gasteiger partial charge in [0, 0.05) is 11.1 Å². The van der Waals surface area contributed by atoms with Crippen molar-refractivity contribution >= 4 is 39.2 Å². The molecule has 0 fully saturated rings. The van der Waals surface area contributed by atoms with Gasteiger partial charge in [-0.25, -0.2) is 4.79 Å². The van der Waals surface area contributed by atoms with Gasteiger partial charge in [-0.05, 0) is 58.9 Å². The zero-order chi connectivity index (χ0) is 24.7. The van der Waals surface area contributed by atoms with E-state index in [1.807, 2.05) is 38.1 Å². The van der Waals surface area contributed by atoms with Crippen molar-refractivity contribution in [2.24, 2.45) is 5.92 Å². The number of thioether (sulfide) groups is 1. The van der Waals surface area contributed by atoms with Crippen LogP contribution < -0.4 is 0 Å². The first kappa shape index (κ1) is 24.7. The Balaban J connectivity index is 1.64. The standard InChI is InChI=1S/C28H32O4S2/c1-17(2)28(15-14-18-10-12-19(29)13-11-18)16-21(30)24(25(31)32-28)34-26-23(27(3,4)5)20-8-6-7-9-22(20)33-26/h6-13,17,29-30H,14-16H2,1-5H3. The smallest absolute Gasteiger partial charge is 0.349 e. The molecule has 0 amide bonds. The highest BCUT2D eigenvalue weighted by Gasteiger charge is 2.44. The maximum absolute atomic E-state index is 13.3. The number of phenols is 1. The van der Waals surface area contributed by atoms with E-state index in [0.29, 0.717) is 19.3 Å². The van der Waals surface area contributed by atoms with Crippen LogP contribution in [0.25, 0.3) is 10.1 Å². The van der Waals surface area contributed by atoms with Crippen molar-refractivity contribution in [3.63, 3.8) is 0 Å². The van der Waals surface area contributed by atoms with Crippen LogP contribution in [0.5, 0.6) is 5.75 Å². The highest BCUT2D eigenvalue weighted by Crippen LogP contribution is 2.49. The molecule has 180 valence electrons. The number of hydrogen-bond acceptors (Lipinski definition) is 6. The number of ether oxygens (including phenoxy) is 1. The highest BCUT2D eigenvalue weighted by molar-refractivity contribution is 8.05. The summed E-state index contributed by atoms with van der Waals surface area (Å²) in [5, 5.41) is 21.8. The predicted octanol–water partition coefficient (Wildman–Crippen LogP) is 7.74. The van der Waals surface area contributed by atoms with Crippen LogP contribution in [0.4, 0.5) is 0 Å². The molecule has 0 aliphatic carbocycles. The molecule has 3 aromatic rings. The van der Waals surface area contributed by atoms with Crippen LogP contribution in [0, 0.1) is 5.92 Å². The second-order valence-electron chi connectivity index (χ2n) is 10.3. The molecule has 2 aromatic carbocycles. The first-order chi connectivity index (χ1) is 16.0. The number of benzene rings is 2. The molecule has 0 saturated carbocycles. The second-order valence-corrected chi connectivity index (χ2v) is 12.7. The number of thiophene rings is 1. The van der Waals surface area contributed by atoms with Crippen molar-refractivity contribution in [2.75, 3.05) is 0 Å². The Kier molecular flexibility index (Phi) is 6.76. The van der Waals surface area contributed by atoms with E-state index in [1.54, 1.807) is 23.5 Å². The van der Waals surface area contributed by atoms with Crippen LogP contribution in [0.3, 0.4) is 0 Å². The number of carbonyl (C=O) groups excluding carboxylic acids is 1. The van der Waals surface area contributed by atoms with Crippen molar-refractivity contribution in [1.29, 1.82) is 0 Å². The van der Waals surface area contributed by atoms with E-state index in [9.17, 15) is 15.0 Å². The average Bonchev–Trinajstić information content (AvgIpc) is 3.14. The molecule has 34 heavy (non-hydrogen) atoms. The van der Waals surface area contributed by atoms with Crippen LogP contribution >= 0.6 is 23.1 Å². The topological polar surface area (TPSA) is 66.8 Å². The summed E-state index contributed by atoms with van der Waals surface area (Å²) in [4.78, 5) is 13.6. The molecular weight excluding hydrogens is 464 g/mol. The molecule has 1 unspecified atom stereocenters. The number of aliphatic hydroxyl groups is 1. The summed E-state index contributed by atoms with van der Waals surface area (Å²) in [6.07, 6.45) is 1.58. The van der Waals surface area contributed by atoms with Crippen LogP contribution in [0.1, 0.15) is 58.6 Å². The molecule has 4 nitrogen and oxygen atoms in total. The SMILES string of the molecule is CC(C)C1(CCc2ccc(O)cc2)CC(O)=C(Sc2sc3ccccc3c2C(C)(C)C)C(=O)O1. The summed E-state index contributed by atoms with van der Waals surface area (Å²) in [7, 11) is 0. The minimum absolute atomic E-state index is 0.0386. The second kappa shape index (κ2) is 9.31. The van der Waals surface area contributed by atoms with Gasteiger partial charge in [0.25, 0.3) is 0 Å². The van der Waals surface area contributed by atoms with E-state index in [-0.39, 0.29) is 27.7 Å². The first-order valence-electron chi connectivity index (χ1n) is 11.6. The van der Waals surface area contributed by atoms with E-state index in [4.69, 9.17) is 4.74 Å². The summed E-state index contributed by atoms with van der Waals surface area (Å²) >= 11 is 2.99. The van der Waals surface area contributed by atoms with Crippen molar-refractivity contribution in [1.82, 2.24) is 0 Å². The Labute approximate surface area is 209 Å². The van der Waals surface area contributed by atoms with E-state index < -0.39 is 11.6 Å². The zero-order valence-electron chi connectivity index (χ0n) is 20.3. The lowest BCUT2D eigenvalue weighted by Crippen LogP contribution is -2.44. The molecule has 1 aliphatic heterocycles. The number of cyclic esters (lactones) is 1. The Hall–Kier alpha value is -2.44. The number of carbonyl (C=O) groups is 1. The fourth-order valence-electron chi connectivity index (χ4n) is 4.52. The van der Waals surface area contributed by atoms with E-state index >= 15 is 0 Å². The highest BCUT2D eigenvalue weighted by atomic mass is 32.2. The molecule has 4 rings (SSSR count). The van der Waals surface area contributed by atoms with Crippen LogP contribution in [0.2, 0.25) is 0 Å². The van der Waals surface area contributed by atoms with Crippen LogP contribution in [-0.2, 0) is 21.4 Å². The molecule has 1 aliphatic rings. The van der Waals surface area contributed by atoms with Crippen molar-refractivity contribution < 1.29 is 19.7 Å². The number of rotatable bonds is 6. The number of phenolic OH excluding ortho intramolecular Hbond substituents is 1.